The molecule has 0 radical (unpaired) electrons. The number of thiophene rings is 1. The lowest BCUT2D eigenvalue weighted by atomic mass is 10.2. The molecule has 0 amide bonds. The van der Waals surface area contributed by atoms with E-state index in [2.05, 4.69) is 9.97 Å². The minimum absolute atomic E-state index is 0.101. The number of hydrogen-bond donors (Lipinski definition) is 1. The summed E-state index contributed by atoms with van der Waals surface area (Å²) < 4.78 is 5.22. The first-order chi connectivity index (χ1) is 12.0. The van der Waals surface area contributed by atoms with Gasteiger partial charge in [0.05, 0.1) is 21.0 Å². The van der Waals surface area contributed by atoms with E-state index in [-0.39, 0.29) is 27.8 Å². The van der Waals surface area contributed by atoms with Crippen molar-refractivity contribution in [2.45, 2.75) is 25.9 Å². The Hall–Kier alpha value is -1.89. The summed E-state index contributed by atoms with van der Waals surface area (Å²) >= 11 is 13.5. The molecule has 1 aliphatic carbocycles. The molecule has 0 spiro atoms. The summed E-state index contributed by atoms with van der Waals surface area (Å²) in [6.45, 7) is -0.159. The highest BCUT2D eigenvalue weighted by Crippen LogP contribution is 2.34. The SMILES string of the molecule is O=C(OCc1nc2sc3c(c2c(=O)[nH]1)CCC3)c1c(Cl)cccc1Cl. The molecule has 0 atom stereocenters. The van der Waals surface area contributed by atoms with Gasteiger partial charge in [0.1, 0.15) is 17.3 Å². The topological polar surface area (TPSA) is 72.0 Å². The Morgan fingerprint density at radius 2 is 2.04 bits per heavy atom. The number of aromatic nitrogens is 2. The number of fused-ring (bicyclic) bond motifs is 3. The number of H-pyrrole nitrogens is 1. The van der Waals surface area contributed by atoms with Crippen LogP contribution in [-0.4, -0.2) is 15.9 Å². The first-order valence-corrected chi connectivity index (χ1v) is 9.26. The Bertz CT molecular complexity index is 1040. The number of carbonyl (C=O) groups is 1. The van der Waals surface area contributed by atoms with Crippen molar-refractivity contribution >= 4 is 50.7 Å². The van der Waals surface area contributed by atoms with Crippen molar-refractivity contribution in [1.29, 1.82) is 0 Å². The number of nitrogens with zero attached hydrogens (tertiary/aromatic N) is 1. The molecule has 2 heterocycles. The molecule has 25 heavy (non-hydrogen) atoms. The van der Waals surface area contributed by atoms with E-state index in [1.807, 2.05) is 0 Å². The van der Waals surface area contributed by atoms with Crippen LogP contribution in [0.3, 0.4) is 0 Å². The van der Waals surface area contributed by atoms with Crippen LogP contribution in [0.2, 0.25) is 10.0 Å². The van der Waals surface area contributed by atoms with Crippen LogP contribution in [0.15, 0.2) is 23.0 Å². The lowest BCUT2D eigenvalue weighted by Crippen LogP contribution is -2.14. The summed E-state index contributed by atoms with van der Waals surface area (Å²) in [6, 6.07) is 4.76. The number of rotatable bonds is 3. The molecule has 0 unspecified atom stereocenters. The molecule has 128 valence electrons. The van der Waals surface area contributed by atoms with Crippen molar-refractivity contribution in [3.63, 3.8) is 0 Å². The zero-order valence-electron chi connectivity index (χ0n) is 12.9. The summed E-state index contributed by atoms with van der Waals surface area (Å²) in [5.41, 5.74) is 1.02. The second-order valence-corrected chi connectivity index (χ2v) is 7.62. The number of hydrogen-bond acceptors (Lipinski definition) is 5. The average Bonchev–Trinajstić information content (AvgIpc) is 3.13. The number of halogens is 2. The summed E-state index contributed by atoms with van der Waals surface area (Å²) in [5.74, 6) is -0.360. The van der Waals surface area contributed by atoms with E-state index in [9.17, 15) is 9.59 Å². The molecule has 0 aliphatic heterocycles. The minimum atomic E-state index is -0.660. The lowest BCUT2D eigenvalue weighted by molar-refractivity contribution is 0.0463. The summed E-state index contributed by atoms with van der Waals surface area (Å²) in [4.78, 5) is 33.6. The van der Waals surface area contributed by atoms with Gasteiger partial charge in [-0.25, -0.2) is 9.78 Å². The third-order valence-corrected chi connectivity index (χ3v) is 5.95. The largest absolute Gasteiger partial charge is 0.454 e. The van der Waals surface area contributed by atoms with Crippen LogP contribution in [0, 0.1) is 0 Å². The fraction of sp³-hybridized carbons (Fsp3) is 0.235. The van der Waals surface area contributed by atoms with Crippen molar-refractivity contribution in [3.05, 3.63) is 60.4 Å². The van der Waals surface area contributed by atoms with Gasteiger partial charge in [-0.2, -0.15) is 0 Å². The Labute approximate surface area is 156 Å². The normalized spacial score (nSPS) is 13.2. The third kappa shape index (κ3) is 2.94. The van der Waals surface area contributed by atoms with Crippen LogP contribution < -0.4 is 5.56 Å². The van der Waals surface area contributed by atoms with Crippen LogP contribution in [0.4, 0.5) is 0 Å². The Balaban J connectivity index is 1.59. The molecular formula is C17H12Cl2N2O3S. The molecule has 1 N–H and O–H groups in total. The van der Waals surface area contributed by atoms with Gasteiger partial charge >= 0.3 is 5.97 Å². The van der Waals surface area contributed by atoms with E-state index in [0.29, 0.717) is 16.0 Å². The van der Waals surface area contributed by atoms with E-state index in [4.69, 9.17) is 27.9 Å². The average molecular weight is 395 g/mol. The highest BCUT2D eigenvalue weighted by molar-refractivity contribution is 7.18. The first-order valence-electron chi connectivity index (χ1n) is 7.69. The number of nitrogens with one attached hydrogen (secondary N) is 1. The molecular weight excluding hydrogens is 383 g/mol. The molecule has 1 aliphatic rings. The molecule has 1 aromatic carbocycles. The number of benzene rings is 1. The highest BCUT2D eigenvalue weighted by atomic mass is 35.5. The second-order valence-electron chi connectivity index (χ2n) is 5.72. The quantitative estimate of drug-likeness (QED) is 0.677. The van der Waals surface area contributed by atoms with Gasteiger partial charge in [0.2, 0.25) is 0 Å². The van der Waals surface area contributed by atoms with Crippen LogP contribution in [0.5, 0.6) is 0 Å². The third-order valence-electron chi connectivity index (χ3n) is 4.13. The van der Waals surface area contributed by atoms with Gasteiger partial charge in [0.25, 0.3) is 5.56 Å². The molecule has 0 bridgehead atoms. The fourth-order valence-corrected chi connectivity index (χ4v) is 4.85. The van der Waals surface area contributed by atoms with Gasteiger partial charge in [-0.3, -0.25) is 4.79 Å². The first kappa shape index (κ1) is 16.6. The van der Waals surface area contributed by atoms with Crippen LogP contribution >= 0.6 is 34.5 Å². The van der Waals surface area contributed by atoms with E-state index in [1.165, 1.54) is 16.2 Å². The standard InChI is InChI=1S/C17H12Cl2N2O3S/c18-9-4-2-5-10(19)14(9)17(23)24-7-12-20-15(22)13-8-3-1-6-11(8)25-16(13)21-12/h2,4-5H,1,3,6-7H2,(H,20,21,22). The van der Waals surface area contributed by atoms with E-state index >= 15 is 0 Å². The molecule has 0 saturated heterocycles. The van der Waals surface area contributed by atoms with Gasteiger partial charge in [-0.1, -0.05) is 29.3 Å². The fourth-order valence-electron chi connectivity index (χ4n) is 3.01. The number of aromatic amines is 1. The lowest BCUT2D eigenvalue weighted by Gasteiger charge is -2.07. The maximum atomic E-state index is 12.4. The summed E-state index contributed by atoms with van der Waals surface area (Å²) in [5, 5.41) is 1.09. The van der Waals surface area contributed by atoms with Gasteiger partial charge in [-0.05, 0) is 37.0 Å². The Morgan fingerprint density at radius 3 is 2.80 bits per heavy atom. The molecule has 2 aromatic heterocycles. The molecule has 5 nitrogen and oxygen atoms in total. The van der Waals surface area contributed by atoms with Crippen molar-refractivity contribution in [3.8, 4) is 0 Å². The number of ether oxygens (including phenoxy) is 1. The molecule has 0 fully saturated rings. The molecule has 4 rings (SSSR count). The monoisotopic (exact) mass is 394 g/mol. The zero-order valence-corrected chi connectivity index (χ0v) is 15.2. The highest BCUT2D eigenvalue weighted by Gasteiger charge is 2.22. The van der Waals surface area contributed by atoms with Gasteiger partial charge < -0.3 is 9.72 Å². The Kier molecular flexibility index (Phi) is 4.27. The van der Waals surface area contributed by atoms with Crippen molar-refractivity contribution in [2.75, 3.05) is 0 Å². The predicted molar refractivity (Wildman–Crippen MR) is 97.8 cm³/mol. The number of carbonyl (C=O) groups excluding carboxylic acids is 1. The molecule has 0 saturated carbocycles. The van der Waals surface area contributed by atoms with Gasteiger partial charge in [0, 0.05) is 4.88 Å². The zero-order chi connectivity index (χ0) is 17.6. The van der Waals surface area contributed by atoms with E-state index in [1.54, 1.807) is 18.2 Å². The van der Waals surface area contributed by atoms with Crippen LogP contribution in [0.25, 0.3) is 10.2 Å². The van der Waals surface area contributed by atoms with E-state index in [0.717, 1.165) is 24.8 Å². The number of esters is 1. The van der Waals surface area contributed by atoms with Crippen molar-refractivity contribution in [2.24, 2.45) is 0 Å². The van der Waals surface area contributed by atoms with Crippen LogP contribution in [-0.2, 0) is 24.2 Å². The van der Waals surface area contributed by atoms with Crippen molar-refractivity contribution < 1.29 is 9.53 Å². The predicted octanol–water partition coefficient (Wildman–Crippen LogP) is 4.14. The summed E-state index contributed by atoms with van der Waals surface area (Å²) in [6.07, 6.45) is 2.99. The second kappa shape index (κ2) is 6.44. The Morgan fingerprint density at radius 1 is 1.28 bits per heavy atom. The molecule has 8 heteroatoms. The van der Waals surface area contributed by atoms with Gasteiger partial charge in [0.15, 0.2) is 0 Å². The summed E-state index contributed by atoms with van der Waals surface area (Å²) in [7, 11) is 0. The number of aryl methyl sites for hydroxylation is 2. The minimum Gasteiger partial charge on any atom is -0.454 e. The maximum absolute atomic E-state index is 12.4. The maximum Gasteiger partial charge on any atom is 0.341 e. The molecule has 3 aromatic rings. The smallest absolute Gasteiger partial charge is 0.341 e. The van der Waals surface area contributed by atoms with Gasteiger partial charge in [-0.15, -0.1) is 11.3 Å². The van der Waals surface area contributed by atoms with E-state index < -0.39 is 5.97 Å². The van der Waals surface area contributed by atoms with Crippen molar-refractivity contribution in [1.82, 2.24) is 9.97 Å². The van der Waals surface area contributed by atoms with Crippen LogP contribution in [0.1, 0.15) is 33.0 Å².